The molecule has 1 N–H and O–H groups in total. The second kappa shape index (κ2) is 6.98. The Morgan fingerprint density at radius 1 is 1.25 bits per heavy atom. The maximum atomic E-state index is 5.65. The third kappa shape index (κ3) is 3.26. The Kier molecular flexibility index (Phi) is 5.30. The quantitative estimate of drug-likeness (QED) is 0.895. The minimum absolute atomic E-state index is 0.501. The fourth-order valence-electron chi connectivity index (χ4n) is 3.14. The van der Waals surface area contributed by atoms with E-state index in [1.54, 1.807) is 14.2 Å². The van der Waals surface area contributed by atoms with Crippen molar-refractivity contribution in [3.05, 3.63) is 23.3 Å². The highest BCUT2D eigenvalue weighted by Crippen LogP contribution is 2.38. The predicted octanol–water partition coefficient (Wildman–Crippen LogP) is 3.37. The minimum Gasteiger partial charge on any atom is -0.493 e. The van der Waals surface area contributed by atoms with Gasteiger partial charge in [-0.15, -0.1) is 0 Å². The zero-order valence-electron chi connectivity index (χ0n) is 13.2. The first kappa shape index (κ1) is 15.2. The summed E-state index contributed by atoms with van der Waals surface area (Å²) >= 11 is 0. The molecule has 0 aliphatic carbocycles. The number of nitrogens with one attached hydrogen (secondary N) is 1. The van der Waals surface area contributed by atoms with E-state index in [2.05, 4.69) is 25.2 Å². The van der Waals surface area contributed by atoms with E-state index < -0.39 is 0 Å². The largest absolute Gasteiger partial charge is 0.493 e. The predicted molar refractivity (Wildman–Crippen MR) is 82.9 cm³/mol. The summed E-state index contributed by atoms with van der Waals surface area (Å²) in [5.74, 6) is 2.96. The first-order valence-corrected chi connectivity index (χ1v) is 7.61. The van der Waals surface area contributed by atoms with Crippen LogP contribution in [-0.4, -0.2) is 27.3 Å². The van der Waals surface area contributed by atoms with Crippen molar-refractivity contribution in [2.24, 2.45) is 5.92 Å². The first-order valence-electron chi connectivity index (χ1n) is 7.61. The number of piperidine rings is 1. The molecule has 1 unspecified atom stereocenters. The SMILES string of the molecule is COc1ccc(C(C)C)c(CC2CCCNC2)c1OC. The Bertz CT molecular complexity index is 437. The normalized spacial score (nSPS) is 19.1. The van der Waals surface area contributed by atoms with Crippen LogP contribution in [0, 0.1) is 5.92 Å². The van der Waals surface area contributed by atoms with E-state index >= 15 is 0 Å². The van der Waals surface area contributed by atoms with E-state index in [-0.39, 0.29) is 0 Å². The van der Waals surface area contributed by atoms with Gasteiger partial charge in [0.2, 0.25) is 0 Å². The molecule has 112 valence electrons. The van der Waals surface area contributed by atoms with Crippen LogP contribution >= 0.6 is 0 Å². The molecular weight excluding hydrogens is 250 g/mol. The topological polar surface area (TPSA) is 30.5 Å². The van der Waals surface area contributed by atoms with Crippen molar-refractivity contribution in [2.75, 3.05) is 27.3 Å². The van der Waals surface area contributed by atoms with Crippen molar-refractivity contribution >= 4 is 0 Å². The van der Waals surface area contributed by atoms with Crippen molar-refractivity contribution in [3.8, 4) is 11.5 Å². The monoisotopic (exact) mass is 277 g/mol. The van der Waals surface area contributed by atoms with Crippen LogP contribution in [0.2, 0.25) is 0 Å². The Labute approximate surface area is 122 Å². The molecule has 1 saturated heterocycles. The summed E-state index contributed by atoms with van der Waals surface area (Å²) in [5, 5.41) is 3.50. The first-order chi connectivity index (χ1) is 9.67. The van der Waals surface area contributed by atoms with Gasteiger partial charge in [0.05, 0.1) is 14.2 Å². The molecule has 1 aromatic carbocycles. The fourth-order valence-corrected chi connectivity index (χ4v) is 3.14. The Hall–Kier alpha value is -1.22. The van der Waals surface area contributed by atoms with E-state index in [0.29, 0.717) is 11.8 Å². The zero-order chi connectivity index (χ0) is 14.5. The molecule has 1 aliphatic rings. The number of rotatable bonds is 5. The highest BCUT2D eigenvalue weighted by atomic mass is 16.5. The van der Waals surface area contributed by atoms with Crippen LogP contribution in [0.1, 0.15) is 43.7 Å². The van der Waals surface area contributed by atoms with Crippen molar-refractivity contribution in [3.63, 3.8) is 0 Å². The molecule has 0 amide bonds. The van der Waals surface area contributed by atoms with Gasteiger partial charge >= 0.3 is 0 Å². The van der Waals surface area contributed by atoms with Crippen LogP contribution in [0.5, 0.6) is 11.5 Å². The molecule has 3 heteroatoms. The van der Waals surface area contributed by atoms with Crippen LogP contribution in [0.15, 0.2) is 12.1 Å². The van der Waals surface area contributed by atoms with Crippen LogP contribution in [-0.2, 0) is 6.42 Å². The van der Waals surface area contributed by atoms with Gasteiger partial charge in [0.25, 0.3) is 0 Å². The van der Waals surface area contributed by atoms with Gasteiger partial charge in [-0.05, 0) is 55.8 Å². The molecule has 20 heavy (non-hydrogen) atoms. The maximum Gasteiger partial charge on any atom is 0.164 e. The third-order valence-electron chi connectivity index (χ3n) is 4.20. The lowest BCUT2D eigenvalue weighted by Crippen LogP contribution is -2.31. The number of benzene rings is 1. The molecule has 1 atom stereocenters. The Morgan fingerprint density at radius 3 is 2.60 bits per heavy atom. The van der Waals surface area contributed by atoms with Gasteiger partial charge in [0.15, 0.2) is 11.5 Å². The molecule has 0 bridgehead atoms. The fraction of sp³-hybridized carbons (Fsp3) is 0.647. The Balaban J connectivity index is 2.34. The van der Waals surface area contributed by atoms with Gasteiger partial charge in [-0.2, -0.15) is 0 Å². The summed E-state index contributed by atoms with van der Waals surface area (Å²) in [5.41, 5.74) is 2.71. The summed E-state index contributed by atoms with van der Waals surface area (Å²) in [6, 6.07) is 4.22. The molecular formula is C17H27NO2. The molecule has 0 radical (unpaired) electrons. The van der Waals surface area contributed by atoms with Crippen molar-refractivity contribution in [1.82, 2.24) is 5.32 Å². The van der Waals surface area contributed by atoms with Gasteiger partial charge in [0.1, 0.15) is 0 Å². The smallest absolute Gasteiger partial charge is 0.164 e. The van der Waals surface area contributed by atoms with Gasteiger partial charge in [-0.1, -0.05) is 19.9 Å². The maximum absolute atomic E-state index is 5.65. The van der Waals surface area contributed by atoms with E-state index in [9.17, 15) is 0 Å². The van der Waals surface area contributed by atoms with Gasteiger partial charge < -0.3 is 14.8 Å². The average Bonchev–Trinajstić information content (AvgIpc) is 2.47. The van der Waals surface area contributed by atoms with E-state index in [1.165, 1.54) is 24.0 Å². The summed E-state index contributed by atoms with van der Waals surface area (Å²) in [7, 11) is 3.45. The molecule has 1 aromatic rings. The second-order valence-electron chi connectivity index (χ2n) is 5.94. The third-order valence-corrected chi connectivity index (χ3v) is 4.20. The van der Waals surface area contributed by atoms with E-state index in [4.69, 9.17) is 9.47 Å². The summed E-state index contributed by atoms with van der Waals surface area (Å²) in [6.45, 7) is 6.74. The number of methoxy groups -OCH3 is 2. The molecule has 1 heterocycles. The van der Waals surface area contributed by atoms with Gasteiger partial charge in [-0.3, -0.25) is 0 Å². The number of ether oxygens (including phenoxy) is 2. The highest BCUT2D eigenvalue weighted by molar-refractivity contribution is 5.52. The Morgan fingerprint density at radius 2 is 2.05 bits per heavy atom. The second-order valence-corrected chi connectivity index (χ2v) is 5.94. The van der Waals surface area contributed by atoms with Crippen LogP contribution in [0.25, 0.3) is 0 Å². The summed E-state index contributed by atoms with van der Waals surface area (Å²) < 4.78 is 11.1. The van der Waals surface area contributed by atoms with Crippen molar-refractivity contribution in [2.45, 2.75) is 39.0 Å². The minimum atomic E-state index is 0.501. The highest BCUT2D eigenvalue weighted by Gasteiger charge is 2.21. The van der Waals surface area contributed by atoms with Crippen molar-refractivity contribution < 1.29 is 9.47 Å². The lowest BCUT2D eigenvalue weighted by atomic mass is 9.86. The van der Waals surface area contributed by atoms with Crippen LogP contribution in [0.4, 0.5) is 0 Å². The number of hydrogen-bond donors (Lipinski definition) is 1. The molecule has 0 spiro atoms. The molecule has 3 nitrogen and oxygen atoms in total. The number of hydrogen-bond acceptors (Lipinski definition) is 3. The molecule has 0 aromatic heterocycles. The van der Waals surface area contributed by atoms with Crippen LogP contribution in [0.3, 0.4) is 0 Å². The molecule has 0 saturated carbocycles. The van der Waals surface area contributed by atoms with Gasteiger partial charge in [0, 0.05) is 5.56 Å². The lowest BCUT2D eigenvalue weighted by molar-refractivity contribution is 0.339. The summed E-state index contributed by atoms with van der Waals surface area (Å²) in [4.78, 5) is 0. The summed E-state index contributed by atoms with van der Waals surface area (Å²) in [6.07, 6.45) is 3.64. The van der Waals surface area contributed by atoms with E-state index in [1.807, 2.05) is 6.07 Å². The molecule has 2 rings (SSSR count). The van der Waals surface area contributed by atoms with Crippen LogP contribution < -0.4 is 14.8 Å². The van der Waals surface area contributed by atoms with E-state index in [0.717, 1.165) is 31.0 Å². The lowest BCUT2D eigenvalue weighted by Gasteiger charge is -2.26. The molecule has 1 fully saturated rings. The molecule has 1 aliphatic heterocycles. The van der Waals surface area contributed by atoms with Crippen molar-refractivity contribution in [1.29, 1.82) is 0 Å². The van der Waals surface area contributed by atoms with Gasteiger partial charge in [-0.25, -0.2) is 0 Å². The zero-order valence-corrected chi connectivity index (χ0v) is 13.2. The average molecular weight is 277 g/mol. The standard InChI is InChI=1S/C17H27NO2/c1-12(2)14-7-8-16(19-3)17(20-4)15(14)10-13-6-5-9-18-11-13/h7-8,12-13,18H,5-6,9-11H2,1-4H3.